The highest BCUT2D eigenvalue weighted by atomic mass is 19.1. The van der Waals surface area contributed by atoms with Gasteiger partial charge in [0.2, 0.25) is 0 Å². The molecule has 3 aliphatic heterocycles. The summed E-state index contributed by atoms with van der Waals surface area (Å²) in [6.07, 6.45) is 3.44. The quantitative estimate of drug-likeness (QED) is 0.322. The Kier molecular flexibility index (Phi) is 7.83. The Morgan fingerprint density at radius 2 is 1.91 bits per heavy atom. The maximum atomic E-state index is 16.2. The molecule has 2 amide bonds. The fourth-order valence-corrected chi connectivity index (χ4v) is 6.28. The number of rotatable bonds is 7. The Morgan fingerprint density at radius 3 is 2.64 bits per heavy atom. The molecule has 11 heteroatoms. The van der Waals surface area contributed by atoms with E-state index in [1.165, 1.54) is 6.08 Å². The zero-order valence-electron chi connectivity index (χ0n) is 25.2. The van der Waals surface area contributed by atoms with Gasteiger partial charge in [-0.2, -0.15) is 0 Å². The second kappa shape index (κ2) is 11.6. The van der Waals surface area contributed by atoms with Crippen LogP contribution in [-0.4, -0.2) is 72.7 Å². The lowest BCUT2D eigenvalue weighted by atomic mass is 9.82. The van der Waals surface area contributed by atoms with E-state index in [-0.39, 0.29) is 17.2 Å². The number of amides is 2. The first kappa shape index (κ1) is 29.7. The van der Waals surface area contributed by atoms with Gasteiger partial charge in [-0.25, -0.2) is 9.18 Å². The number of nitrogens with zero attached hydrogens (tertiary/aromatic N) is 2. The molecule has 1 aliphatic carbocycles. The number of benzene rings is 2. The number of anilines is 1. The standard InChI is InChI=1S/C33H38FN5O5/c1-33(2,3)44-32(42)37-21-10-13-38(17-21)28-24(34)16-22-27-30(28)43-26-15-20-9-5-4-8-19(20)14-25(26)39(27)18-23(29(22)40)31(41)36-12-7-6-11-35/h4-5,8-9,14-16,18,21,27,30H,6-7,10-13,17,35H2,1-3H3,(H,36,41)(H,37,42)/t21-,27?,30?/m1/s1. The molecule has 2 aromatic rings. The van der Waals surface area contributed by atoms with Crippen LogP contribution in [0.4, 0.5) is 14.9 Å². The smallest absolute Gasteiger partial charge is 0.407 e. The normalized spacial score (nSPS) is 22.6. The number of ether oxygens (including phenoxy) is 2. The molecule has 2 aromatic carbocycles. The number of alkyl carbamates (subject to hydrolysis) is 1. The third-order valence-electron chi connectivity index (χ3n) is 8.25. The van der Waals surface area contributed by atoms with E-state index in [2.05, 4.69) is 10.6 Å². The summed E-state index contributed by atoms with van der Waals surface area (Å²) in [6, 6.07) is 10.8. The second-order valence-corrected chi connectivity index (χ2v) is 12.6. The number of likely N-dealkylation sites (tertiary alicyclic amines) is 1. The molecule has 0 spiro atoms. The minimum Gasteiger partial charge on any atom is -0.479 e. The Hall–Kier alpha value is -4.38. The van der Waals surface area contributed by atoms with Crippen molar-refractivity contribution >= 4 is 34.2 Å². The molecule has 0 radical (unpaired) electrons. The van der Waals surface area contributed by atoms with E-state index in [4.69, 9.17) is 15.2 Å². The van der Waals surface area contributed by atoms with Crippen molar-refractivity contribution in [2.45, 2.75) is 63.8 Å². The van der Waals surface area contributed by atoms with Gasteiger partial charge >= 0.3 is 6.09 Å². The monoisotopic (exact) mass is 603 g/mol. The predicted molar refractivity (Wildman–Crippen MR) is 165 cm³/mol. The summed E-state index contributed by atoms with van der Waals surface area (Å²) < 4.78 is 28.1. The minimum absolute atomic E-state index is 0.0564. The van der Waals surface area contributed by atoms with Crippen LogP contribution in [0.25, 0.3) is 10.8 Å². The van der Waals surface area contributed by atoms with Crippen molar-refractivity contribution in [3.8, 4) is 5.75 Å². The van der Waals surface area contributed by atoms with Crippen molar-refractivity contribution in [3.63, 3.8) is 0 Å². The van der Waals surface area contributed by atoms with Crippen LogP contribution in [0, 0.1) is 0 Å². The number of nitrogens with one attached hydrogen (secondary N) is 2. The average molecular weight is 604 g/mol. The third kappa shape index (κ3) is 5.63. The fourth-order valence-electron chi connectivity index (χ4n) is 6.28. The van der Waals surface area contributed by atoms with Gasteiger partial charge in [0.05, 0.1) is 17.4 Å². The highest BCUT2D eigenvalue weighted by Crippen LogP contribution is 2.48. The molecule has 6 rings (SSSR count). The zero-order chi connectivity index (χ0) is 31.2. The van der Waals surface area contributed by atoms with Crippen LogP contribution in [0.15, 0.2) is 71.3 Å². The molecule has 0 saturated carbocycles. The number of nitrogens with two attached hydrogens (primary N) is 1. The van der Waals surface area contributed by atoms with Crippen molar-refractivity contribution < 1.29 is 28.2 Å². The summed E-state index contributed by atoms with van der Waals surface area (Å²) in [5, 5.41) is 7.61. The van der Waals surface area contributed by atoms with Crippen LogP contribution >= 0.6 is 0 Å². The summed E-state index contributed by atoms with van der Waals surface area (Å²) in [5.41, 5.74) is 6.03. The van der Waals surface area contributed by atoms with E-state index in [1.54, 1.807) is 27.0 Å². The molecule has 4 N–H and O–H groups in total. The van der Waals surface area contributed by atoms with Gasteiger partial charge in [-0.1, -0.05) is 24.3 Å². The number of unbranched alkanes of at least 4 members (excludes halogenated alkanes) is 1. The molecule has 1 fully saturated rings. The van der Waals surface area contributed by atoms with Crippen LogP contribution in [0.5, 0.6) is 5.75 Å². The van der Waals surface area contributed by atoms with Crippen molar-refractivity contribution in [3.05, 3.63) is 71.3 Å². The van der Waals surface area contributed by atoms with Crippen LogP contribution in [0.2, 0.25) is 0 Å². The molecular formula is C33H38FN5O5. The van der Waals surface area contributed by atoms with Crippen LogP contribution in [0.3, 0.4) is 0 Å². The Bertz CT molecular complexity index is 1610. The molecule has 3 atom stereocenters. The summed E-state index contributed by atoms with van der Waals surface area (Å²) in [6.45, 7) is 7.10. The highest BCUT2D eigenvalue weighted by Gasteiger charge is 2.51. The van der Waals surface area contributed by atoms with E-state index >= 15 is 4.39 Å². The topological polar surface area (TPSA) is 126 Å². The van der Waals surface area contributed by atoms with E-state index in [1.807, 2.05) is 46.2 Å². The number of fused-ring (bicyclic) bond motifs is 3. The molecule has 0 bridgehead atoms. The van der Waals surface area contributed by atoms with Gasteiger partial charge in [-0.15, -0.1) is 0 Å². The van der Waals surface area contributed by atoms with E-state index in [0.717, 1.165) is 17.2 Å². The van der Waals surface area contributed by atoms with E-state index in [0.29, 0.717) is 56.2 Å². The summed E-state index contributed by atoms with van der Waals surface area (Å²) >= 11 is 0. The SMILES string of the molecule is CC(C)(C)OC(=O)N[C@@H]1CCN(C2=C(F)C=C3C(=O)C(C(=O)NCCCCN)=CN4c5cc6ccccc6cc5OC2C34)C1. The van der Waals surface area contributed by atoms with Gasteiger partial charge in [0.15, 0.2) is 11.9 Å². The van der Waals surface area contributed by atoms with Gasteiger partial charge < -0.3 is 35.6 Å². The third-order valence-corrected chi connectivity index (χ3v) is 8.25. The largest absolute Gasteiger partial charge is 0.479 e. The van der Waals surface area contributed by atoms with Gasteiger partial charge in [-0.05, 0) is 75.6 Å². The van der Waals surface area contributed by atoms with E-state index < -0.39 is 41.4 Å². The molecule has 10 nitrogen and oxygen atoms in total. The number of allylic oxidation sites excluding steroid dienone is 2. The predicted octanol–water partition coefficient (Wildman–Crippen LogP) is 3.82. The average Bonchev–Trinajstić information content (AvgIpc) is 3.41. The lowest BCUT2D eigenvalue weighted by molar-refractivity contribution is -0.121. The molecule has 2 unspecified atom stereocenters. The first-order valence-corrected chi connectivity index (χ1v) is 15.1. The maximum absolute atomic E-state index is 16.2. The number of ketones is 1. The molecule has 1 saturated heterocycles. The Morgan fingerprint density at radius 1 is 1.16 bits per heavy atom. The van der Waals surface area contributed by atoms with Gasteiger partial charge in [0.1, 0.15) is 28.8 Å². The summed E-state index contributed by atoms with van der Waals surface area (Å²) in [4.78, 5) is 43.1. The van der Waals surface area contributed by atoms with Gasteiger partial charge in [0.25, 0.3) is 5.91 Å². The Labute approximate surface area is 255 Å². The van der Waals surface area contributed by atoms with Gasteiger partial charge in [-0.3, -0.25) is 9.59 Å². The molecule has 3 heterocycles. The molecule has 44 heavy (non-hydrogen) atoms. The van der Waals surface area contributed by atoms with Gasteiger partial charge in [0, 0.05) is 31.4 Å². The lowest BCUT2D eigenvalue weighted by Gasteiger charge is -2.48. The first-order valence-electron chi connectivity index (χ1n) is 15.1. The highest BCUT2D eigenvalue weighted by molar-refractivity contribution is 6.27. The fraction of sp³-hybridized carbons (Fsp3) is 0.424. The van der Waals surface area contributed by atoms with E-state index in [9.17, 15) is 14.4 Å². The number of carbonyl (C=O) groups excluding carboxylic acids is 3. The lowest BCUT2D eigenvalue weighted by Crippen LogP contribution is -2.57. The number of halogens is 1. The number of carbonyl (C=O) groups is 3. The van der Waals surface area contributed by atoms with Crippen LogP contribution in [-0.2, 0) is 14.3 Å². The molecule has 0 aromatic heterocycles. The van der Waals surface area contributed by atoms with Crippen LogP contribution in [0.1, 0.15) is 40.0 Å². The van der Waals surface area contributed by atoms with Crippen molar-refractivity contribution in [2.75, 3.05) is 31.1 Å². The van der Waals surface area contributed by atoms with Crippen molar-refractivity contribution in [2.24, 2.45) is 5.73 Å². The summed E-state index contributed by atoms with van der Waals surface area (Å²) in [5.74, 6) is -1.11. The zero-order valence-corrected chi connectivity index (χ0v) is 25.2. The summed E-state index contributed by atoms with van der Waals surface area (Å²) in [7, 11) is 0. The van der Waals surface area contributed by atoms with Crippen LogP contribution < -0.4 is 26.0 Å². The Balaban J connectivity index is 1.36. The first-order chi connectivity index (χ1) is 21.0. The number of hydrogen-bond acceptors (Lipinski definition) is 8. The molecular weight excluding hydrogens is 565 g/mol. The minimum atomic E-state index is -0.863. The number of hydrogen-bond donors (Lipinski definition) is 3. The van der Waals surface area contributed by atoms with Crippen molar-refractivity contribution in [1.29, 1.82) is 0 Å². The molecule has 232 valence electrons. The second-order valence-electron chi connectivity index (χ2n) is 12.6. The maximum Gasteiger partial charge on any atom is 0.407 e. The number of Topliss-reactive ketones (excluding diaryl/α,β-unsaturated/α-hetero) is 1. The molecule has 4 aliphatic rings. The van der Waals surface area contributed by atoms with Crippen molar-refractivity contribution in [1.82, 2.24) is 15.5 Å².